The van der Waals surface area contributed by atoms with Gasteiger partial charge in [0.25, 0.3) is 0 Å². The summed E-state index contributed by atoms with van der Waals surface area (Å²) < 4.78 is 22.2. The van der Waals surface area contributed by atoms with E-state index < -0.39 is 10.0 Å². The fourth-order valence-corrected chi connectivity index (χ4v) is 2.16. The molecule has 1 aromatic carbocycles. The lowest BCUT2D eigenvalue weighted by Crippen LogP contribution is -2.32. The highest BCUT2D eigenvalue weighted by Gasteiger charge is 2.36. The molecule has 0 radical (unpaired) electrons. The van der Waals surface area contributed by atoms with Crippen molar-refractivity contribution in [2.45, 2.75) is 17.7 Å². The third-order valence-electron chi connectivity index (χ3n) is 2.86. The van der Waals surface area contributed by atoms with Gasteiger partial charge < -0.3 is 4.90 Å². The van der Waals surface area contributed by atoms with E-state index in [2.05, 4.69) is 10.7 Å². The van der Waals surface area contributed by atoms with Crippen LogP contribution in [0.4, 0.5) is 0 Å². The number of hydrogen-bond acceptors (Lipinski definition) is 5. The van der Waals surface area contributed by atoms with Crippen LogP contribution in [-0.4, -0.2) is 44.7 Å². The van der Waals surface area contributed by atoms with Crippen molar-refractivity contribution in [2.75, 3.05) is 14.1 Å². The van der Waals surface area contributed by atoms with Gasteiger partial charge in [-0.1, -0.05) is 12.1 Å². The second-order valence-electron chi connectivity index (χ2n) is 4.69. The van der Waals surface area contributed by atoms with Crippen LogP contribution in [0.1, 0.15) is 5.56 Å². The van der Waals surface area contributed by atoms with Crippen molar-refractivity contribution in [3.8, 4) is 0 Å². The molecule has 1 saturated heterocycles. The molecule has 0 aromatic heterocycles. The topological polar surface area (TPSA) is 124 Å². The van der Waals surface area contributed by atoms with Gasteiger partial charge in [-0.25, -0.2) is 18.6 Å². The monoisotopic (exact) mass is 298 g/mol. The molecule has 1 aromatic rings. The zero-order valence-electron chi connectivity index (χ0n) is 11.3. The second-order valence-corrected chi connectivity index (χ2v) is 6.25. The number of nitrogens with zero attached hydrogens (tertiary/aromatic N) is 2. The number of guanidine groups is 1. The van der Waals surface area contributed by atoms with Crippen molar-refractivity contribution in [2.24, 2.45) is 5.14 Å². The standard InChI is InChI=1S/C11H18N6O2S/c1-16(2)10(12)17-11(15-17)14-7-8-3-5-9(6-4-8)20(13,18)19/h3-6,11-12,14-15H,7H2,1-2H3,(H2,13,18,19). The molecule has 0 aliphatic carbocycles. The fourth-order valence-electron chi connectivity index (χ4n) is 1.65. The van der Waals surface area contributed by atoms with Gasteiger partial charge in [-0.15, -0.1) is 0 Å². The third-order valence-corrected chi connectivity index (χ3v) is 3.78. The summed E-state index contributed by atoms with van der Waals surface area (Å²) in [4.78, 5) is 1.79. The molecule has 1 aliphatic rings. The number of rotatable bonds is 4. The minimum absolute atomic E-state index is 0.0807. The van der Waals surface area contributed by atoms with E-state index in [1.165, 1.54) is 12.1 Å². The Bertz CT molecular complexity index is 598. The molecule has 1 atom stereocenters. The number of primary sulfonamides is 1. The summed E-state index contributed by atoms with van der Waals surface area (Å²) in [5.41, 5.74) is 3.93. The van der Waals surface area contributed by atoms with Crippen LogP contribution in [-0.2, 0) is 16.6 Å². The van der Waals surface area contributed by atoms with Crippen LogP contribution in [0.3, 0.4) is 0 Å². The second kappa shape index (κ2) is 5.37. The molecule has 1 heterocycles. The van der Waals surface area contributed by atoms with Gasteiger partial charge in [0.2, 0.25) is 16.0 Å². The van der Waals surface area contributed by atoms with Gasteiger partial charge in [-0.05, 0) is 17.7 Å². The molecule has 20 heavy (non-hydrogen) atoms. The highest BCUT2D eigenvalue weighted by Crippen LogP contribution is 2.11. The van der Waals surface area contributed by atoms with Gasteiger partial charge in [0, 0.05) is 20.6 Å². The normalized spacial score (nSPS) is 17.9. The van der Waals surface area contributed by atoms with E-state index in [4.69, 9.17) is 10.5 Å². The first-order chi connectivity index (χ1) is 9.29. The average Bonchev–Trinajstić information content (AvgIpc) is 3.14. The molecule has 1 fully saturated rings. The number of hydrogen-bond donors (Lipinski definition) is 4. The van der Waals surface area contributed by atoms with E-state index in [1.807, 2.05) is 0 Å². The number of benzene rings is 1. The van der Waals surface area contributed by atoms with E-state index >= 15 is 0 Å². The van der Waals surface area contributed by atoms with Crippen molar-refractivity contribution in [3.05, 3.63) is 29.8 Å². The Morgan fingerprint density at radius 2 is 2.05 bits per heavy atom. The Morgan fingerprint density at radius 1 is 1.45 bits per heavy atom. The lowest BCUT2D eigenvalue weighted by atomic mass is 10.2. The minimum atomic E-state index is -3.64. The van der Waals surface area contributed by atoms with Gasteiger partial charge >= 0.3 is 0 Å². The predicted octanol–water partition coefficient (Wildman–Crippen LogP) is -0.976. The Hall–Kier alpha value is -1.68. The van der Waals surface area contributed by atoms with Crippen molar-refractivity contribution < 1.29 is 8.42 Å². The van der Waals surface area contributed by atoms with E-state index in [-0.39, 0.29) is 11.2 Å². The molecule has 0 spiro atoms. The summed E-state index contributed by atoms with van der Waals surface area (Å²) in [6.07, 6.45) is -0.0807. The van der Waals surface area contributed by atoms with Crippen molar-refractivity contribution in [1.29, 1.82) is 5.41 Å². The van der Waals surface area contributed by atoms with Gasteiger partial charge in [-0.3, -0.25) is 10.7 Å². The zero-order valence-corrected chi connectivity index (χ0v) is 12.1. The quantitative estimate of drug-likeness (QED) is 0.322. The number of hydrazine groups is 1. The van der Waals surface area contributed by atoms with Crippen LogP contribution in [0.15, 0.2) is 29.2 Å². The minimum Gasteiger partial charge on any atom is -0.348 e. The van der Waals surface area contributed by atoms with Gasteiger partial charge in [-0.2, -0.15) is 5.43 Å². The molecule has 1 aliphatic heterocycles. The van der Waals surface area contributed by atoms with Crippen LogP contribution >= 0.6 is 0 Å². The summed E-state index contributed by atoms with van der Waals surface area (Å²) in [5.74, 6) is 0.368. The Kier molecular flexibility index (Phi) is 3.95. The largest absolute Gasteiger partial charge is 0.348 e. The van der Waals surface area contributed by atoms with Crippen molar-refractivity contribution in [3.63, 3.8) is 0 Å². The zero-order chi connectivity index (χ0) is 14.9. The van der Waals surface area contributed by atoms with Crippen molar-refractivity contribution >= 4 is 16.0 Å². The molecular formula is C11H18N6O2S. The number of sulfonamides is 1. The fraction of sp³-hybridized carbons (Fsp3) is 0.364. The summed E-state index contributed by atoms with van der Waals surface area (Å²) >= 11 is 0. The summed E-state index contributed by atoms with van der Waals surface area (Å²) in [6.45, 7) is 0.555. The van der Waals surface area contributed by atoms with Gasteiger partial charge in [0.1, 0.15) is 0 Å². The molecule has 0 amide bonds. The number of nitrogens with one attached hydrogen (secondary N) is 3. The maximum Gasteiger partial charge on any atom is 0.238 e. The maximum atomic E-state index is 11.1. The first-order valence-electron chi connectivity index (χ1n) is 5.95. The van der Waals surface area contributed by atoms with E-state index in [0.717, 1.165) is 5.56 Å². The molecular weight excluding hydrogens is 280 g/mol. The molecule has 8 nitrogen and oxygen atoms in total. The molecule has 110 valence electrons. The van der Waals surface area contributed by atoms with Gasteiger partial charge in [0.05, 0.1) is 4.90 Å². The maximum absolute atomic E-state index is 11.1. The lowest BCUT2D eigenvalue weighted by Gasteiger charge is -2.13. The Balaban J connectivity index is 1.86. The number of nitrogens with two attached hydrogens (primary N) is 1. The first kappa shape index (κ1) is 14.7. The van der Waals surface area contributed by atoms with E-state index in [1.54, 1.807) is 36.1 Å². The van der Waals surface area contributed by atoms with Crippen LogP contribution in [0.2, 0.25) is 0 Å². The van der Waals surface area contributed by atoms with Crippen LogP contribution in [0, 0.1) is 5.41 Å². The van der Waals surface area contributed by atoms with Crippen LogP contribution in [0.25, 0.3) is 0 Å². The predicted molar refractivity (Wildman–Crippen MR) is 74.8 cm³/mol. The average molecular weight is 298 g/mol. The first-order valence-corrected chi connectivity index (χ1v) is 7.50. The highest BCUT2D eigenvalue weighted by atomic mass is 32.2. The Morgan fingerprint density at radius 3 is 2.55 bits per heavy atom. The highest BCUT2D eigenvalue weighted by molar-refractivity contribution is 7.89. The molecule has 9 heteroatoms. The summed E-state index contributed by atoms with van der Waals surface area (Å²) in [6, 6.07) is 6.37. The molecule has 1 unspecified atom stereocenters. The van der Waals surface area contributed by atoms with Crippen LogP contribution < -0.4 is 15.9 Å². The van der Waals surface area contributed by atoms with Crippen molar-refractivity contribution in [1.82, 2.24) is 20.7 Å². The van der Waals surface area contributed by atoms with E-state index in [9.17, 15) is 8.42 Å². The van der Waals surface area contributed by atoms with Gasteiger partial charge in [0.15, 0.2) is 6.29 Å². The third kappa shape index (κ3) is 3.45. The molecule has 0 bridgehead atoms. The molecule has 2 rings (SSSR count). The SMILES string of the molecule is CN(C)C(=N)N1NC1NCc1ccc(S(N)(=O)=O)cc1. The smallest absolute Gasteiger partial charge is 0.238 e. The molecule has 0 saturated carbocycles. The lowest BCUT2D eigenvalue weighted by molar-refractivity contribution is 0.494. The summed E-state index contributed by atoms with van der Waals surface area (Å²) in [7, 11) is -0.0487. The van der Waals surface area contributed by atoms with E-state index in [0.29, 0.717) is 12.5 Å². The van der Waals surface area contributed by atoms with Crippen LogP contribution in [0.5, 0.6) is 0 Å². The molecule has 5 N–H and O–H groups in total. The summed E-state index contributed by atoms with van der Waals surface area (Å²) in [5, 5.41) is 17.6. The Labute approximate surface area is 118 Å².